The van der Waals surface area contributed by atoms with E-state index in [1.165, 1.54) is 5.56 Å². The van der Waals surface area contributed by atoms with Crippen LogP contribution in [0.25, 0.3) is 0 Å². The third-order valence-electron chi connectivity index (χ3n) is 3.47. The topological polar surface area (TPSA) is 55.4 Å². The lowest BCUT2D eigenvalue weighted by Crippen LogP contribution is -2.42. The number of carbonyl (C=O) groups excluding carboxylic acids is 2. The van der Waals surface area contributed by atoms with Crippen molar-refractivity contribution in [2.45, 2.75) is 51.7 Å². The molecule has 2 unspecified atom stereocenters. The van der Waals surface area contributed by atoms with Crippen LogP contribution >= 0.6 is 0 Å². The van der Waals surface area contributed by atoms with Crippen LogP contribution in [-0.4, -0.2) is 23.5 Å². The van der Waals surface area contributed by atoms with E-state index < -0.39 is 17.6 Å². The molecule has 1 aliphatic rings. The van der Waals surface area contributed by atoms with Crippen molar-refractivity contribution in [3.05, 3.63) is 35.9 Å². The van der Waals surface area contributed by atoms with E-state index in [-0.39, 0.29) is 17.7 Å². The van der Waals surface area contributed by atoms with E-state index in [4.69, 9.17) is 4.74 Å². The number of carbonyl (C=O) groups is 2. The Morgan fingerprint density at radius 3 is 2.43 bits per heavy atom. The number of rotatable bonds is 4. The minimum atomic E-state index is -0.617. The van der Waals surface area contributed by atoms with Gasteiger partial charge < -0.3 is 10.1 Å². The fraction of sp³-hybridized carbons (Fsp3) is 0.529. The van der Waals surface area contributed by atoms with Crippen molar-refractivity contribution in [2.75, 3.05) is 0 Å². The predicted molar refractivity (Wildman–Crippen MR) is 80.7 cm³/mol. The Bertz CT molecular complexity index is 519. The highest BCUT2D eigenvalue weighted by molar-refractivity contribution is 5.88. The predicted octanol–water partition coefficient (Wildman–Crippen LogP) is 2.64. The van der Waals surface area contributed by atoms with Crippen LogP contribution in [0.5, 0.6) is 0 Å². The van der Waals surface area contributed by atoms with Crippen molar-refractivity contribution in [1.29, 1.82) is 0 Å². The van der Waals surface area contributed by atoms with Crippen molar-refractivity contribution >= 4 is 11.9 Å². The van der Waals surface area contributed by atoms with E-state index in [1.807, 2.05) is 51.1 Å². The highest BCUT2D eigenvalue weighted by atomic mass is 16.6. The zero-order valence-electron chi connectivity index (χ0n) is 13.1. The summed E-state index contributed by atoms with van der Waals surface area (Å²) in [4.78, 5) is 24.0. The first-order chi connectivity index (χ1) is 9.78. The lowest BCUT2D eigenvalue weighted by molar-refractivity contribution is -0.158. The van der Waals surface area contributed by atoms with Gasteiger partial charge in [0.15, 0.2) is 0 Å². The third kappa shape index (κ3) is 4.31. The first-order valence-electron chi connectivity index (χ1n) is 7.36. The maximum atomic E-state index is 12.2. The van der Waals surface area contributed by atoms with Gasteiger partial charge in [-0.15, -0.1) is 0 Å². The summed E-state index contributed by atoms with van der Waals surface area (Å²) in [5.41, 5.74) is 0.643. The van der Waals surface area contributed by atoms with Crippen LogP contribution < -0.4 is 5.32 Å². The normalized spacial score (nSPS) is 22.3. The molecule has 0 aliphatic heterocycles. The number of benzene rings is 1. The molecule has 21 heavy (non-hydrogen) atoms. The van der Waals surface area contributed by atoms with Gasteiger partial charge in [0.1, 0.15) is 11.6 Å². The molecule has 1 aliphatic carbocycles. The second-order valence-electron chi connectivity index (χ2n) is 6.62. The van der Waals surface area contributed by atoms with Crippen molar-refractivity contribution in [3.8, 4) is 0 Å². The zero-order valence-corrected chi connectivity index (χ0v) is 13.1. The molecule has 1 aromatic carbocycles. The molecule has 1 fully saturated rings. The number of hydrogen-bond acceptors (Lipinski definition) is 3. The number of nitrogens with one attached hydrogen (secondary N) is 1. The molecule has 0 heterocycles. The van der Waals surface area contributed by atoms with Gasteiger partial charge in [-0.1, -0.05) is 30.3 Å². The van der Waals surface area contributed by atoms with Gasteiger partial charge >= 0.3 is 5.97 Å². The first-order valence-corrected chi connectivity index (χ1v) is 7.36. The average Bonchev–Trinajstić information content (AvgIpc) is 3.18. The number of esters is 1. The van der Waals surface area contributed by atoms with E-state index in [0.717, 1.165) is 6.42 Å². The summed E-state index contributed by atoms with van der Waals surface area (Å²) >= 11 is 0. The highest BCUT2D eigenvalue weighted by Crippen LogP contribution is 2.47. The van der Waals surface area contributed by atoms with Crippen LogP contribution in [0.1, 0.15) is 45.6 Å². The van der Waals surface area contributed by atoms with Gasteiger partial charge in [0.2, 0.25) is 5.91 Å². The molecular formula is C17H23NO3. The molecule has 114 valence electrons. The number of amides is 1. The summed E-state index contributed by atoms with van der Waals surface area (Å²) in [5, 5.41) is 2.75. The molecule has 2 rings (SSSR count). The Morgan fingerprint density at radius 1 is 1.24 bits per heavy atom. The SMILES string of the molecule is C[C@@H](NC(=O)C1CC1c1ccccc1)C(=O)OC(C)(C)C. The van der Waals surface area contributed by atoms with Gasteiger partial charge in [0, 0.05) is 5.92 Å². The number of ether oxygens (including phenoxy) is 1. The summed E-state index contributed by atoms with van der Waals surface area (Å²) in [6, 6.07) is 9.38. The van der Waals surface area contributed by atoms with Gasteiger partial charge in [-0.2, -0.15) is 0 Å². The molecule has 3 atom stereocenters. The second-order valence-corrected chi connectivity index (χ2v) is 6.62. The second kappa shape index (κ2) is 5.88. The monoisotopic (exact) mass is 289 g/mol. The summed E-state index contributed by atoms with van der Waals surface area (Å²) in [5.74, 6) is -0.218. The number of hydrogen-bond donors (Lipinski definition) is 1. The third-order valence-corrected chi connectivity index (χ3v) is 3.47. The van der Waals surface area contributed by atoms with Crippen LogP contribution in [0.15, 0.2) is 30.3 Å². The van der Waals surface area contributed by atoms with Crippen LogP contribution in [0.2, 0.25) is 0 Å². The first kappa shape index (κ1) is 15.5. The van der Waals surface area contributed by atoms with E-state index in [9.17, 15) is 9.59 Å². The summed E-state index contributed by atoms with van der Waals surface area (Å²) in [7, 11) is 0. The summed E-state index contributed by atoms with van der Waals surface area (Å²) in [6.45, 7) is 7.09. The largest absolute Gasteiger partial charge is 0.458 e. The quantitative estimate of drug-likeness (QED) is 0.867. The Balaban J connectivity index is 1.85. The fourth-order valence-electron chi connectivity index (χ4n) is 2.32. The molecule has 1 saturated carbocycles. The lowest BCUT2D eigenvalue weighted by Gasteiger charge is -2.22. The van der Waals surface area contributed by atoms with Crippen molar-refractivity contribution in [3.63, 3.8) is 0 Å². The van der Waals surface area contributed by atoms with Crippen LogP contribution in [0.4, 0.5) is 0 Å². The smallest absolute Gasteiger partial charge is 0.328 e. The molecule has 0 spiro atoms. The van der Waals surface area contributed by atoms with Gasteiger partial charge in [-0.3, -0.25) is 4.79 Å². The molecule has 0 bridgehead atoms. The van der Waals surface area contributed by atoms with Crippen molar-refractivity contribution in [1.82, 2.24) is 5.32 Å². The van der Waals surface area contributed by atoms with Gasteiger partial charge in [-0.25, -0.2) is 4.79 Å². The van der Waals surface area contributed by atoms with Crippen LogP contribution in [-0.2, 0) is 14.3 Å². The van der Waals surface area contributed by atoms with Gasteiger partial charge in [-0.05, 0) is 45.6 Å². The minimum Gasteiger partial charge on any atom is -0.458 e. The maximum absolute atomic E-state index is 12.2. The van der Waals surface area contributed by atoms with E-state index >= 15 is 0 Å². The molecule has 0 saturated heterocycles. The molecule has 1 N–H and O–H groups in total. The molecule has 1 aromatic rings. The van der Waals surface area contributed by atoms with Crippen LogP contribution in [0, 0.1) is 5.92 Å². The van der Waals surface area contributed by atoms with E-state index in [1.54, 1.807) is 6.92 Å². The summed E-state index contributed by atoms with van der Waals surface area (Å²) in [6.07, 6.45) is 0.844. The Kier molecular flexibility index (Phi) is 4.35. The Morgan fingerprint density at radius 2 is 1.86 bits per heavy atom. The molecule has 0 aromatic heterocycles. The van der Waals surface area contributed by atoms with Gasteiger partial charge in [0.25, 0.3) is 0 Å². The standard InChI is InChI=1S/C17H23NO3/c1-11(16(20)21-17(2,3)4)18-15(19)14-10-13(14)12-8-6-5-7-9-12/h5-9,11,13-14H,10H2,1-4H3,(H,18,19)/t11-,13?,14?/m1/s1. The fourth-order valence-corrected chi connectivity index (χ4v) is 2.32. The van der Waals surface area contributed by atoms with Gasteiger partial charge in [0.05, 0.1) is 0 Å². The molecular weight excluding hydrogens is 266 g/mol. The Hall–Kier alpha value is -1.84. The molecule has 1 amide bonds. The zero-order chi connectivity index (χ0) is 15.6. The van der Waals surface area contributed by atoms with Crippen molar-refractivity contribution < 1.29 is 14.3 Å². The van der Waals surface area contributed by atoms with Crippen molar-refractivity contribution in [2.24, 2.45) is 5.92 Å². The van der Waals surface area contributed by atoms with Crippen LogP contribution in [0.3, 0.4) is 0 Å². The molecule has 4 nitrogen and oxygen atoms in total. The lowest BCUT2D eigenvalue weighted by atomic mass is 10.1. The van der Waals surface area contributed by atoms with E-state index in [2.05, 4.69) is 5.32 Å². The van der Waals surface area contributed by atoms with E-state index in [0.29, 0.717) is 0 Å². The molecule has 0 radical (unpaired) electrons. The Labute approximate surface area is 125 Å². The highest BCUT2D eigenvalue weighted by Gasteiger charge is 2.44. The average molecular weight is 289 g/mol. The minimum absolute atomic E-state index is 0.0303. The molecule has 4 heteroatoms. The summed E-state index contributed by atoms with van der Waals surface area (Å²) < 4.78 is 5.26. The maximum Gasteiger partial charge on any atom is 0.328 e.